The van der Waals surface area contributed by atoms with E-state index in [1.807, 2.05) is 29.8 Å². The highest BCUT2D eigenvalue weighted by Crippen LogP contribution is 2.27. The summed E-state index contributed by atoms with van der Waals surface area (Å²) in [4.78, 5) is 29.8. The molecule has 2 heterocycles. The van der Waals surface area contributed by atoms with Crippen LogP contribution in [0.5, 0.6) is 11.5 Å². The Morgan fingerprint density at radius 1 is 1.13 bits per heavy atom. The molecule has 158 valence electrons. The molecule has 0 aliphatic heterocycles. The number of carbonyl (C=O) groups is 1. The van der Waals surface area contributed by atoms with E-state index in [1.54, 1.807) is 50.4 Å². The molecule has 30 heavy (non-hydrogen) atoms. The van der Waals surface area contributed by atoms with E-state index in [2.05, 4.69) is 10.3 Å². The molecular formula is C22H26N4O4. The molecule has 2 aromatic heterocycles. The number of imidazole rings is 1. The van der Waals surface area contributed by atoms with Crippen molar-refractivity contribution in [2.45, 2.75) is 26.4 Å². The molecule has 0 fully saturated rings. The molecule has 0 unspecified atom stereocenters. The first-order valence-electron chi connectivity index (χ1n) is 9.60. The maximum absolute atomic E-state index is 12.9. The summed E-state index contributed by atoms with van der Waals surface area (Å²) in [6.07, 6.45) is 5.79. The van der Waals surface area contributed by atoms with Crippen LogP contribution in [0.15, 0.2) is 47.7 Å². The monoisotopic (exact) mass is 410 g/mol. The highest BCUT2D eigenvalue weighted by atomic mass is 16.5. The van der Waals surface area contributed by atoms with Crippen LogP contribution in [0.4, 0.5) is 0 Å². The molecule has 1 amide bonds. The third-order valence-corrected chi connectivity index (χ3v) is 5.02. The summed E-state index contributed by atoms with van der Waals surface area (Å²) in [7, 11) is 5.02. The Morgan fingerprint density at radius 2 is 1.90 bits per heavy atom. The Morgan fingerprint density at radius 3 is 2.57 bits per heavy atom. The molecule has 8 heteroatoms. The number of benzene rings is 1. The van der Waals surface area contributed by atoms with E-state index in [4.69, 9.17) is 9.47 Å². The van der Waals surface area contributed by atoms with Gasteiger partial charge in [0, 0.05) is 32.2 Å². The summed E-state index contributed by atoms with van der Waals surface area (Å²) in [5.74, 6) is 1.60. The first-order valence-corrected chi connectivity index (χ1v) is 9.60. The van der Waals surface area contributed by atoms with Gasteiger partial charge in [-0.15, -0.1) is 0 Å². The third kappa shape index (κ3) is 4.53. The van der Waals surface area contributed by atoms with Gasteiger partial charge in [0.15, 0.2) is 11.5 Å². The highest BCUT2D eigenvalue weighted by molar-refractivity contribution is 5.95. The fraction of sp³-hybridized carbons (Fsp3) is 0.318. The molecule has 0 aliphatic carbocycles. The van der Waals surface area contributed by atoms with E-state index in [0.29, 0.717) is 35.9 Å². The third-order valence-electron chi connectivity index (χ3n) is 5.02. The van der Waals surface area contributed by atoms with E-state index < -0.39 is 5.91 Å². The Labute approximate surface area is 175 Å². The van der Waals surface area contributed by atoms with E-state index in [9.17, 15) is 9.59 Å². The molecule has 0 saturated carbocycles. The van der Waals surface area contributed by atoms with Crippen molar-refractivity contribution in [2.75, 3.05) is 14.2 Å². The largest absolute Gasteiger partial charge is 0.493 e. The summed E-state index contributed by atoms with van der Waals surface area (Å²) in [6, 6.07) is 7.44. The van der Waals surface area contributed by atoms with Gasteiger partial charge in [0.05, 0.1) is 20.8 Å². The molecule has 0 spiro atoms. The minimum Gasteiger partial charge on any atom is -0.493 e. The van der Waals surface area contributed by atoms with Crippen molar-refractivity contribution in [3.05, 3.63) is 75.7 Å². The molecule has 0 atom stereocenters. The van der Waals surface area contributed by atoms with Crippen molar-refractivity contribution >= 4 is 5.91 Å². The molecule has 0 radical (unpaired) electrons. The van der Waals surface area contributed by atoms with Gasteiger partial charge in [-0.1, -0.05) is 6.07 Å². The van der Waals surface area contributed by atoms with Gasteiger partial charge in [-0.25, -0.2) is 4.98 Å². The quantitative estimate of drug-likeness (QED) is 0.614. The second-order valence-electron chi connectivity index (χ2n) is 6.95. The molecule has 1 aromatic carbocycles. The summed E-state index contributed by atoms with van der Waals surface area (Å²) in [6.45, 7) is 2.45. The molecule has 0 aliphatic rings. The fourth-order valence-corrected chi connectivity index (χ4v) is 3.22. The van der Waals surface area contributed by atoms with Crippen LogP contribution >= 0.6 is 0 Å². The molecule has 0 bridgehead atoms. The van der Waals surface area contributed by atoms with Crippen LogP contribution in [0, 0.1) is 6.92 Å². The van der Waals surface area contributed by atoms with Crippen molar-refractivity contribution in [1.29, 1.82) is 0 Å². The van der Waals surface area contributed by atoms with Crippen LogP contribution in [-0.4, -0.2) is 34.2 Å². The van der Waals surface area contributed by atoms with Crippen LogP contribution in [0.25, 0.3) is 0 Å². The zero-order valence-electron chi connectivity index (χ0n) is 17.6. The van der Waals surface area contributed by atoms with Crippen molar-refractivity contribution in [3.63, 3.8) is 0 Å². The Bertz CT molecular complexity index is 1100. The standard InChI is InChI=1S/C22H26N4O4/c1-15-7-10-26(11-8-16-5-6-17(29-3)18(13-16)30-4)22(28)20(15)21(27)24-14-19-23-9-12-25(19)2/h5-7,9-10,12-13H,8,11,14H2,1-4H3,(H,24,27). The normalized spacial score (nSPS) is 10.7. The van der Waals surface area contributed by atoms with Crippen LogP contribution in [0.1, 0.15) is 27.3 Å². The minimum absolute atomic E-state index is 0.152. The second-order valence-corrected chi connectivity index (χ2v) is 6.95. The predicted octanol–water partition coefficient (Wildman–Crippen LogP) is 2.08. The van der Waals surface area contributed by atoms with Gasteiger partial charge in [-0.05, 0) is 42.7 Å². The van der Waals surface area contributed by atoms with Gasteiger partial charge in [0.25, 0.3) is 11.5 Å². The number of ether oxygens (including phenoxy) is 2. The predicted molar refractivity (Wildman–Crippen MR) is 113 cm³/mol. The number of pyridine rings is 1. The van der Waals surface area contributed by atoms with Crippen LogP contribution < -0.4 is 20.3 Å². The van der Waals surface area contributed by atoms with Crippen LogP contribution in [0.3, 0.4) is 0 Å². The number of nitrogens with zero attached hydrogens (tertiary/aromatic N) is 3. The number of methoxy groups -OCH3 is 2. The lowest BCUT2D eigenvalue weighted by Crippen LogP contribution is -2.34. The lowest BCUT2D eigenvalue weighted by molar-refractivity contribution is 0.0947. The molecular weight excluding hydrogens is 384 g/mol. The summed E-state index contributed by atoms with van der Waals surface area (Å²) in [5, 5.41) is 2.79. The van der Waals surface area contributed by atoms with Crippen LogP contribution in [0.2, 0.25) is 0 Å². The number of aryl methyl sites for hydroxylation is 4. The van der Waals surface area contributed by atoms with Gasteiger partial charge in [-0.2, -0.15) is 0 Å². The first-order chi connectivity index (χ1) is 14.4. The number of amides is 1. The Kier molecular flexibility index (Phi) is 6.56. The van der Waals surface area contributed by atoms with Gasteiger partial charge >= 0.3 is 0 Å². The number of hydrogen-bond acceptors (Lipinski definition) is 5. The van der Waals surface area contributed by atoms with E-state index in [0.717, 1.165) is 5.56 Å². The number of rotatable bonds is 8. The fourth-order valence-electron chi connectivity index (χ4n) is 3.22. The van der Waals surface area contributed by atoms with Gasteiger partial charge in [-0.3, -0.25) is 9.59 Å². The SMILES string of the molecule is COc1ccc(CCn2ccc(C)c(C(=O)NCc3nccn3C)c2=O)cc1OC. The maximum Gasteiger partial charge on any atom is 0.263 e. The number of aromatic nitrogens is 3. The Hall–Kier alpha value is -3.55. The number of nitrogens with one attached hydrogen (secondary N) is 1. The zero-order chi connectivity index (χ0) is 21.7. The number of carbonyl (C=O) groups excluding carboxylic acids is 1. The molecule has 3 aromatic rings. The summed E-state index contributed by atoms with van der Waals surface area (Å²) in [5.41, 5.74) is 1.48. The van der Waals surface area contributed by atoms with Crippen molar-refractivity contribution < 1.29 is 14.3 Å². The average molecular weight is 410 g/mol. The van der Waals surface area contributed by atoms with E-state index in [-0.39, 0.29) is 17.7 Å². The minimum atomic E-state index is -0.402. The number of hydrogen-bond donors (Lipinski definition) is 1. The summed E-state index contributed by atoms with van der Waals surface area (Å²) < 4.78 is 14.0. The lowest BCUT2D eigenvalue weighted by atomic mass is 10.1. The van der Waals surface area contributed by atoms with Crippen LogP contribution in [-0.2, 0) is 26.6 Å². The van der Waals surface area contributed by atoms with Crippen molar-refractivity contribution in [3.8, 4) is 11.5 Å². The second kappa shape index (κ2) is 9.30. The molecule has 3 rings (SSSR count). The molecule has 1 N–H and O–H groups in total. The van der Waals surface area contributed by atoms with Gasteiger partial charge in [0.2, 0.25) is 0 Å². The Balaban J connectivity index is 1.75. The maximum atomic E-state index is 12.9. The van der Waals surface area contributed by atoms with E-state index in [1.165, 1.54) is 0 Å². The smallest absolute Gasteiger partial charge is 0.263 e. The van der Waals surface area contributed by atoms with Gasteiger partial charge < -0.3 is 23.9 Å². The van der Waals surface area contributed by atoms with Gasteiger partial charge in [0.1, 0.15) is 11.4 Å². The molecule has 0 saturated heterocycles. The first kappa shape index (κ1) is 21.2. The van der Waals surface area contributed by atoms with Crippen molar-refractivity contribution in [2.24, 2.45) is 7.05 Å². The van der Waals surface area contributed by atoms with E-state index >= 15 is 0 Å². The average Bonchev–Trinajstić information content (AvgIpc) is 3.16. The lowest BCUT2D eigenvalue weighted by Gasteiger charge is -2.12. The van der Waals surface area contributed by atoms with Crippen molar-refractivity contribution in [1.82, 2.24) is 19.4 Å². The summed E-state index contributed by atoms with van der Waals surface area (Å²) >= 11 is 0. The zero-order valence-corrected chi connectivity index (χ0v) is 17.6. The molecule has 8 nitrogen and oxygen atoms in total. The topological polar surface area (TPSA) is 87.4 Å². The highest BCUT2D eigenvalue weighted by Gasteiger charge is 2.16.